The number of hydrogen-bond donors (Lipinski definition) is 1. The summed E-state index contributed by atoms with van der Waals surface area (Å²) in [7, 11) is 0. The summed E-state index contributed by atoms with van der Waals surface area (Å²) >= 11 is 0. The van der Waals surface area contributed by atoms with E-state index in [1.54, 1.807) is 0 Å². The minimum Gasteiger partial charge on any atom is -0.393 e. The number of aliphatic hydroxyl groups is 1. The normalized spacial score (nSPS) is 34.8. The summed E-state index contributed by atoms with van der Waals surface area (Å²) < 4.78 is 24.0. The van der Waals surface area contributed by atoms with E-state index >= 15 is 0 Å². The minimum absolute atomic E-state index is 0.289. The average Bonchev–Trinajstić information content (AvgIpc) is 1.88. The molecule has 60 valence electrons. The summed E-state index contributed by atoms with van der Waals surface area (Å²) in [6.07, 6.45) is -0.408. The third-order valence-corrected chi connectivity index (χ3v) is 2.04. The molecule has 0 heterocycles. The largest absolute Gasteiger partial charge is 0.393 e. The van der Waals surface area contributed by atoms with Gasteiger partial charge < -0.3 is 5.11 Å². The summed E-state index contributed by atoms with van der Waals surface area (Å²) in [5.41, 5.74) is 0. The Bertz CT molecular complexity index is 106. The van der Waals surface area contributed by atoms with Gasteiger partial charge in [-0.1, -0.05) is 6.42 Å². The molecule has 1 aliphatic rings. The third-order valence-electron chi connectivity index (χ3n) is 2.04. The lowest BCUT2D eigenvalue weighted by Gasteiger charge is -2.24. The predicted octanol–water partition coefficient (Wildman–Crippen LogP) is 1.80. The van der Waals surface area contributed by atoms with Crippen molar-refractivity contribution in [1.82, 2.24) is 0 Å². The molecule has 10 heavy (non-hydrogen) atoms. The highest BCUT2D eigenvalue weighted by Crippen LogP contribution is 2.28. The maximum Gasteiger partial charge on any atom is 0.241 e. The molecule has 3 heteroatoms. The lowest BCUT2D eigenvalue weighted by Crippen LogP contribution is -2.24. The fourth-order valence-electron chi connectivity index (χ4n) is 1.43. The van der Waals surface area contributed by atoms with Crippen LogP contribution in [0.1, 0.15) is 25.7 Å². The van der Waals surface area contributed by atoms with Crippen LogP contribution in [0.3, 0.4) is 0 Å². The van der Waals surface area contributed by atoms with Gasteiger partial charge in [-0.05, 0) is 19.3 Å². The number of aliphatic hydroxyl groups excluding tert-OH is 1. The molecule has 1 fully saturated rings. The molecule has 0 aliphatic heterocycles. The van der Waals surface area contributed by atoms with Gasteiger partial charge in [-0.2, -0.15) is 0 Å². The van der Waals surface area contributed by atoms with Crippen LogP contribution in [0, 0.1) is 5.92 Å². The van der Waals surface area contributed by atoms with Crippen LogP contribution in [0.5, 0.6) is 0 Å². The molecule has 0 radical (unpaired) electrons. The van der Waals surface area contributed by atoms with Gasteiger partial charge in [-0.15, -0.1) is 0 Å². The molecule has 1 nitrogen and oxygen atoms in total. The number of hydrogen-bond acceptors (Lipinski definition) is 1. The van der Waals surface area contributed by atoms with Gasteiger partial charge in [0.1, 0.15) is 0 Å². The Morgan fingerprint density at radius 1 is 1.30 bits per heavy atom. The van der Waals surface area contributed by atoms with E-state index in [0.717, 1.165) is 6.42 Å². The second kappa shape index (κ2) is 3.28. The molecule has 0 spiro atoms. The van der Waals surface area contributed by atoms with Gasteiger partial charge in [0.15, 0.2) is 0 Å². The highest BCUT2D eigenvalue weighted by Gasteiger charge is 2.26. The van der Waals surface area contributed by atoms with E-state index in [1.165, 1.54) is 0 Å². The second-order valence-electron chi connectivity index (χ2n) is 2.91. The summed E-state index contributed by atoms with van der Waals surface area (Å²) in [6, 6.07) is 0. The van der Waals surface area contributed by atoms with E-state index in [9.17, 15) is 8.78 Å². The van der Waals surface area contributed by atoms with E-state index in [0.29, 0.717) is 12.8 Å². The SMILES string of the molecule is O[C@H]1CCC[C@@H](C(F)F)C1. The second-order valence-corrected chi connectivity index (χ2v) is 2.91. The Morgan fingerprint density at radius 2 is 2.00 bits per heavy atom. The number of alkyl halides is 2. The van der Waals surface area contributed by atoms with Crippen molar-refractivity contribution in [2.75, 3.05) is 0 Å². The van der Waals surface area contributed by atoms with Crippen LogP contribution in [0.15, 0.2) is 0 Å². The molecule has 0 amide bonds. The maximum absolute atomic E-state index is 12.0. The van der Waals surface area contributed by atoms with Gasteiger partial charge in [0, 0.05) is 5.92 Å². The van der Waals surface area contributed by atoms with Gasteiger partial charge >= 0.3 is 0 Å². The summed E-state index contributed by atoms with van der Waals surface area (Å²) in [6.45, 7) is 0. The lowest BCUT2D eigenvalue weighted by molar-refractivity contribution is 0.0109. The smallest absolute Gasteiger partial charge is 0.241 e. The molecule has 1 N–H and O–H groups in total. The molecule has 0 unspecified atom stereocenters. The molecule has 0 aromatic carbocycles. The van der Waals surface area contributed by atoms with Gasteiger partial charge in [0.25, 0.3) is 0 Å². The van der Waals surface area contributed by atoms with Crippen LogP contribution in [0.4, 0.5) is 8.78 Å². The topological polar surface area (TPSA) is 20.2 Å². The first kappa shape index (κ1) is 7.92. The standard InChI is InChI=1S/C7H12F2O/c8-7(9)5-2-1-3-6(10)4-5/h5-7,10H,1-4H2/t5-,6+/m1/s1. The molecule has 1 aliphatic carbocycles. The van der Waals surface area contributed by atoms with Crippen LogP contribution in [-0.4, -0.2) is 17.6 Å². The fourth-order valence-corrected chi connectivity index (χ4v) is 1.43. The van der Waals surface area contributed by atoms with E-state index in [-0.39, 0.29) is 6.42 Å². The zero-order valence-corrected chi connectivity index (χ0v) is 5.76. The summed E-state index contributed by atoms with van der Waals surface area (Å²) in [5, 5.41) is 9.00. The molecular weight excluding hydrogens is 138 g/mol. The van der Waals surface area contributed by atoms with Gasteiger partial charge in [0.05, 0.1) is 6.10 Å². The monoisotopic (exact) mass is 150 g/mol. The van der Waals surface area contributed by atoms with E-state index in [2.05, 4.69) is 0 Å². The minimum atomic E-state index is -2.24. The third kappa shape index (κ3) is 1.90. The number of halogens is 2. The van der Waals surface area contributed by atoms with Crippen molar-refractivity contribution in [3.8, 4) is 0 Å². The Balaban J connectivity index is 2.32. The highest BCUT2D eigenvalue weighted by atomic mass is 19.3. The van der Waals surface area contributed by atoms with Crippen LogP contribution in [0.2, 0.25) is 0 Å². The van der Waals surface area contributed by atoms with Crippen molar-refractivity contribution in [1.29, 1.82) is 0 Å². The van der Waals surface area contributed by atoms with E-state index in [1.807, 2.05) is 0 Å². The molecule has 0 aromatic rings. The zero-order valence-electron chi connectivity index (χ0n) is 5.76. The van der Waals surface area contributed by atoms with Gasteiger partial charge in [-0.3, -0.25) is 0 Å². The highest BCUT2D eigenvalue weighted by molar-refractivity contribution is 4.73. The van der Waals surface area contributed by atoms with Crippen LogP contribution in [-0.2, 0) is 0 Å². The maximum atomic E-state index is 12.0. The molecule has 2 atom stereocenters. The predicted molar refractivity (Wildman–Crippen MR) is 34.0 cm³/mol. The first-order valence-electron chi connectivity index (χ1n) is 3.66. The van der Waals surface area contributed by atoms with Crippen molar-refractivity contribution in [2.45, 2.75) is 38.2 Å². The lowest BCUT2D eigenvalue weighted by atomic mass is 9.88. The summed E-state index contributed by atoms with van der Waals surface area (Å²) in [5.74, 6) is -0.552. The van der Waals surface area contributed by atoms with E-state index < -0.39 is 18.4 Å². The molecule has 0 bridgehead atoms. The molecular formula is C7H12F2O. The fraction of sp³-hybridized carbons (Fsp3) is 1.00. The zero-order chi connectivity index (χ0) is 7.56. The Kier molecular flexibility index (Phi) is 2.60. The van der Waals surface area contributed by atoms with Crippen molar-refractivity contribution in [2.24, 2.45) is 5.92 Å². The van der Waals surface area contributed by atoms with Gasteiger partial charge in [-0.25, -0.2) is 8.78 Å². The van der Waals surface area contributed by atoms with E-state index in [4.69, 9.17) is 5.11 Å². The Hall–Kier alpha value is -0.180. The van der Waals surface area contributed by atoms with Crippen molar-refractivity contribution >= 4 is 0 Å². The van der Waals surface area contributed by atoms with Crippen molar-refractivity contribution in [3.63, 3.8) is 0 Å². The first-order chi connectivity index (χ1) is 4.70. The van der Waals surface area contributed by atoms with Crippen LogP contribution >= 0.6 is 0 Å². The Morgan fingerprint density at radius 3 is 2.40 bits per heavy atom. The molecule has 0 saturated heterocycles. The molecule has 0 aromatic heterocycles. The molecule has 1 saturated carbocycles. The van der Waals surface area contributed by atoms with Gasteiger partial charge in [0.2, 0.25) is 6.43 Å². The first-order valence-corrected chi connectivity index (χ1v) is 3.66. The number of rotatable bonds is 1. The van der Waals surface area contributed by atoms with Crippen molar-refractivity contribution in [3.05, 3.63) is 0 Å². The Labute approximate surface area is 59.0 Å². The van der Waals surface area contributed by atoms with Crippen molar-refractivity contribution < 1.29 is 13.9 Å². The molecule has 1 rings (SSSR count). The van der Waals surface area contributed by atoms with Crippen LogP contribution < -0.4 is 0 Å². The summed E-state index contributed by atoms with van der Waals surface area (Å²) in [4.78, 5) is 0. The van der Waals surface area contributed by atoms with Crippen LogP contribution in [0.25, 0.3) is 0 Å². The average molecular weight is 150 g/mol. The quantitative estimate of drug-likeness (QED) is 0.604.